The predicted octanol–water partition coefficient (Wildman–Crippen LogP) is 3.70. The van der Waals surface area contributed by atoms with Crippen molar-refractivity contribution >= 4 is 17.1 Å². The summed E-state index contributed by atoms with van der Waals surface area (Å²) in [6, 6.07) is 12.3. The topological polar surface area (TPSA) is 45.3 Å². The molecule has 0 aliphatic carbocycles. The van der Waals surface area contributed by atoms with Crippen LogP contribution < -0.4 is 20.7 Å². The van der Waals surface area contributed by atoms with Gasteiger partial charge in [-0.3, -0.25) is 0 Å². The molecule has 0 heterocycles. The quantitative estimate of drug-likeness (QED) is 0.757. The van der Waals surface area contributed by atoms with Crippen molar-refractivity contribution in [1.29, 1.82) is 0 Å². The van der Waals surface area contributed by atoms with Crippen molar-refractivity contribution in [3.8, 4) is 5.75 Å². The number of hydrogen-bond donors (Lipinski definition) is 3. The summed E-state index contributed by atoms with van der Waals surface area (Å²) in [5, 5.41) is 9.53. The molecule has 2 aromatic rings. The maximum atomic E-state index is 6.01. The molecule has 2 rings (SSSR count). The van der Waals surface area contributed by atoms with E-state index in [0.717, 1.165) is 22.8 Å². The normalized spacial score (nSPS) is 10.1. The van der Waals surface area contributed by atoms with E-state index in [0.29, 0.717) is 6.61 Å². The number of benzene rings is 2. The first-order chi connectivity index (χ1) is 10.2. The number of aryl methyl sites for hydroxylation is 1. The third-order valence-corrected chi connectivity index (χ3v) is 3.57. The van der Waals surface area contributed by atoms with Crippen LogP contribution in [0.15, 0.2) is 36.4 Å². The summed E-state index contributed by atoms with van der Waals surface area (Å²) in [6.07, 6.45) is 0. The fraction of sp³-hybridized carbons (Fsp3) is 0.294. The second kappa shape index (κ2) is 6.88. The first kappa shape index (κ1) is 15.0. The summed E-state index contributed by atoms with van der Waals surface area (Å²) in [7, 11) is 5.71. The van der Waals surface area contributed by atoms with Crippen LogP contribution >= 0.6 is 0 Å². The fourth-order valence-corrected chi connectivity index (χ4v) is 2.24. The first-order valence-corrected chi connectivity index (χ1v) is 7.08. The zero-order valence-electron chi connectivity index (χ0n) is 13.1. The van der Waals surface area contributed by atoms with Gasteiger partial charge in [0, 0.05) is 27.2 Å². The minimum absolute atomic E-state index is 0.559. The van der Waals surface area contributed by atoms with Crippen molar-refractivity contribution in [3.63, 3.8) is 0 Å². The molecule has 0 spiro atoms. The lowest BCUT2D eigenvalue weighted by Gasteiger charge is -2.17. The van der Waals surface area contributed by atoms with E-state index >= 15 is 0 Å². The zero-order chi connectivity index (χ0) is 15.2. The molecule has 0 aromatic heterocycles. The Morgan fingerprint density at radius 2 is 1.48 bits per heavy atom. The van der Waals surface area contributed by atoms with E-state index in [1.807, 2.05) is 45.4 Å². The Labute approximate surface area is 126 Å². The molecule has 21 heavy (non-hydrogen) atoms. The van der Waals surface area contributed by atoms with E-state index in [4.69, 9.17) is 4.74 Å². The summed E-state index contributed by atoms with van der Waals surface area (Å²) in [5.74, 6) is 0.837. The van der Waals surface area contributed by atoms with Crippen LogP contribution in [0.4, 0.5) is 17.1 Å². The van der Waals surface area contributed by atoms with Crippen LogP contribution in [-0.4, -0.2) is 21.1 Å². The van der Waals surface area contributed by atoms with Gasteiger partial charge in [-0.25, -0.2) is 0 Å². The highest BCUT2D eigenvalue weighted by atomic mass is 16.5. The van der Waals surface area contributed by atoms with Gasteiger partial charge in [0.05, 0.1) is 17.1 Å². The molecule has 0 amide bonds. The maximum absolute atomic E-state index is 6.01. The maximum Gasteiger partial charge on any atom is 0.145 e. The SMILES string of the molecule is CNc1cc(NC)c(OCc2ccccc2C)cc1NC. The molecular weight excluding hydrogens is 262 g/mol. The van der Waals surface area contributed by atoms with Gasteiger partial charge in [-0.05, 0) is 24.1 Å². The zero-order valence-corrected chi connectivity index (χ0v) is 13.1. The molecule has 0 bridgehead atoms. The van der Waals surface area contributed by atoms with Crippen molar-refractivity contribution in [2.45, 2.75) is 13.5 Å². The van der Waals surface area contributed by atoms with Crippen molar-refractivity contribution < 1.29 is 4.74 Å². The lowest BCUT2D eigenvalue weighted by atomic mass is 10.1. The average Bonchev–Trinajstić information content (AvgIpc) is 2.53. The Morgan fingerprint density at radius 3 is 2.10 bits per heavy atom. The number of ether oxygens (including phenoxy) is 1. The Hall–Kier alpha value is -2.36. The lowest BCUT2D eigenvalue weighted by Crippen LogP contribution is -2.04. The molecule has 4 nitrogen and oxygen atoms in total. The van der Waals surface area contributed by atoms with Crippen molar-refractivity contribution in [2.75, 3.05) is 37.1 Å². The monoisotopic (exact) mass is 285 g/mol. The Morgan fingerprint density at radius 1 is 0.857 bits per heavy atom. The smallest absolute Gasteiger partial charge is 0.145 e. The van der Waals surface area contributed by atoms with Crippen LogP contribution in [0.3, 0.4) is 0 Å². The standard InChI is InChI=1S/C17H23N3O/c1-12-7-5-6-8-13(12)11-21-17-10-15(19-3)14(18-2)9-16(17)20-4/h5-10,18-20H,11H2,1-4H3. The van der Waals surface area contributed by atoms with Gasteiger partial charge in [0.15, 0.2) is 0 Å². The van der Waals surface area contributed by atoms with E-state index < -0.39 is 0 Å². The second-order valence-electron chi connectivity index (χ2n) is 4.86. The highest BCUT2D eigenvalue weighted by Gasteiger charge is 2.09. The van der Waals surface area contributed by atoms with Crippen LogP contribution in [0.1, 0.15) is 11.1 Å². The summed E-state index contributed by atoms with van der Waals surface area (Å²) in [6.45, 7) is 2.66. The van der Waals surface area contributed by atoms with Crippen LogP contribution in [0.2, 0.25) is 0 Å². The lowest BCUT2D eigenvalue weighted by molar-refractivity contribution is 0.307. The van der Waals surface area contributed by atoms with Gasteiger partial charge in [0.1, 0.15) is 12.4 Å². The fourth-order valence-electron chi connectivity index (χ4n) is 2.24. The molecule has 0 unspecified atom stereocenters. The summed E-state index contributed by atoms with van der Waals surface area (Å²) in [5.41, 5.74) is 5.45. The minimum Gasteiger partial charge on any atom is -0.487 e. The molecule has 2 aromatic carbocycles. The predicted molar refractivity (Wildman–Crippen MR) is 90.6 cm³/mol. The number of hydrogen-bond acceptors (Lipinski definition) is 4. The largest absolute Gasteiger partial charge is 0.487 e. The molecule has 112 valence electrons. The molecule has 3 N–H and O–H groups in total. The van der Waals surface area contributed by atoms with E-state index in [2.05, 4.69) is 35.0 Å². The third kappa shape index (κ3) is 3.40. The van der Waals surface area contributed by atoms with Crippen molar-refractivity contribution in [1.82, 2.24) is 0 Å². The summed E-state index contributed by atoms with van der Waals surface area (Å²) < 4.78 is 6.01. The van der Waals surface area contributed by atoms with E-state index in [-0.39, 0.29) is 0 Å². The molecule has 0 atom stereocenters. The Balaban J connectivity index is 2.25. The van der Waals surface area contributed by atoms with Gasteiger partial charge >= 0.3 is 0 Å². The van der Waals surface area contributed by atoms with E-state index in [1.54, 1.807) is 0 Å². The van der Waals surface area contributed by atoms with Crippen LogP contribution in [0.25, 0.3) is 0 Å². The van der Waals surface area contributed by atoms with Gasteiger partial charge in [-0.1, -0.05) is 24.3 Å². The molecule has 0 saturated heterocycles. The van der Waals surface area contributed by atoms with E-state index in [9.17, 15) is 0 Å². The van der Waals surface area contributed by atoms with Gasteiger partial charge in [-0.2, -0.15) is 0 Å². The van der Waals surface area contributed by atoms with Crippen LogP contribution in [-0.2, 0) is 6.61 Å². The highest BCUT2D eigenvalue weighted by Crippen LogP contribution is 2.35. The van der Waals surface area contributed by atoms with Gasteiger partial charge in [-0.15, -0.1) is 0 Å². The Bertz CT molecular complexity index is 611. The molecule has 0 radical (unpaired) electrons. The first-order valence-electron chi connectivity index (χ1n) is 7.08. The average molecular weight is 285 g/mol. The molecular formula is C17H23N3O. The van der Waals surface area contributed by atoms with Crippen LogP contribution in [0.5, 0.6) is 5.75 Å². The number of nitrogens with one attached hydrogen (secondary N) is 3. The molecule has 4 heteroatoms. The molecule has 0 saturated carbocycles. The van der Waals surface area contributed by atoms with Gasteiger partial charge < -0.3 is 20.7 Å². The van der Waals surface area contributed by atoms with Crippen molar-refractivity contribution in [2.24, 2.45) is 0 Å². The summed E-state index contributed by atoms with van der Waals surface area (Å²) in [4.78, 5) is 0. The summed E-state index contributed by atoms with van der Waals surface area (Å²) >= 11 is 0. The highest BCUT2D eigenvalue weighted by molar-refractivity contribution is 5.78. The Kier molecular flexibility index (Phi) is 4.93. The van der Waals surface area contributed by atoms with E-state index in [1.165, 1.54) is 11.1 Å². The van der Waals surface area contributed by atoms with Crippen LogP contribution in [0, 0.1) is 6.92 Å². The number of rotatable bonds is 6. The minimum atomic E-state index is 0.559. The van der Waals surface area contributed by atoms with Gasteiger partial charge in [0.25, 0.3) is 0 Å². The van der Waals surface area contributed by atoms with Crippen molar-refractivity contribution in [3.05, 3.63) is 47.5 Å². The molecule has 0 fully saturated rings. The third-order valence-electron chi connectivity index (χ3n) is 3.57. The number of anilines is 3. The molecule has 0 aliphatic heterocycles. The van der Waals surface area contributed by atoms with Gasteiger partial charge in [0.2, 0.25) is 0 Å². The second-order valence-corrected chi connectivity index (χ2v) is 4.86. The molecule has 0 aliphatic rings.